The number of benzene rings is 1. The number of hydrogen-bond donors (Lipinski definition) is 2. The number of nitriles is 1. The molecule has 1 saturated heterocycles. The molecular formula is C26H31F2N5O2. The predicted octanol–water partition coefficient (Wildman–Crippen LogP) is 6.10. The topological polar surface area (TPSA) is 102 Å². The van der Waals surface area contributed by atoms with Crippen molar-refractivity contribution in [3.8, 4) is 11.8 Å². The van der Waals surface area contributed by atoms with Crippen molar-refractivity contribution in [1.82, 2.24) is 4.98 Å². The van der Waals surface area contributed by atoms with Crippen LogP contribution in [0.5, 0.6) is 5.75 Å². The first-order chi connectivity index (χ1) is 16.6. The van der Waals surface area contributed by atoms with Gasteiger partial charge in [0, 0.05) is 44.0 Å². The number of rotatable bonds is 10. The third-order valence-electron chi connectivity index (χ3n) is 5.13. The average Bonchev–Trinajstić information content (AvgIpc) is 2.79. The molecule has 0 bridgehead atoms. The molecule has 0 amide bonds. The van der Waals surface area contributed by atoms with Gasteiger partial charge in [-0.15, -0.1) is 0 Å². The molecule has 1 aromatic heterocycles. The van der Waals surface area contributed by atoms with Crippen LogP contribution in [0.1, 0.15) is 45.6 Å². The number of halogens is 2. The first-order valence-electron chi connectivity index (χ1n) is 11.4. The van der Waals surface area contributed by atoms with Crippen LogP contribution in [0, 0.1) is 22.7 Å². The van der Waals surface area contributed by atoms with Crippen LogP contribution in [-0.4, -0.2) is 35.7 Å². The maximum atomic E-state index is 13.0. The van der Waals surface area contributed by atoms with Gasteiger partial charge in [-0.05, 0) is 49.2 Å². The summed E-state index contributed by atoms with van der Waals surface area (Å²) in [6, 6.07) is 10.2. The highest BCUT2D eigenvalue weighted by molar-refractivity contribution is 6.07. The molecule has 35 heavy (non-hydrogen) atoms. The van der Waals surface area contributed by atoms with Gasteiger partial charge in [0.05, 0.1) is 23.2 Å². The second-order valence-corrected chi connectivity index (χ2v) is 8.10. The Labute approximate surface area is 204 Å². The molecule has 0 unspecified atom stereocenters. The molecule has 0 radical (unpaired) electrons. The van der Waals surface area contributed by atoms with Gasteiger partial charge in [0.1, 0.15) is 11.6 Å². The van der Waals surface area contributed by atoms with E-state index in [4.69, 9.17) is 10.7 Å². The minimum atomic E-state index is -3.24. The minimum Gasteiger partial charge on any atom is -0.433 e. The van der Waals surface area contributed by atoms with E-state index in [1.165, 1.54) is 18.2 Å². The van der Waals surface area contributed by atoms with E-state index in [-0.39, 0.29) is 17.5 Å². The number of pyridine rings is 1. The lowest BCUT2D eigenvalue weighted by molar-refractivity contribution is -0.158. The maximum absolute atomic E-state index is 13.0. The molecule has 0 atom stereocenters. The van der Waals surface area contributed by atoms with Crippen LogP contribution < -0.4 is 15.0 Å². The van der Waals surface area contributed by atoms with Crippen LogP contribution >= 0.6 is 0 Å². The number of nitrogens with one attached hydrogen (secondary N) is 2. The Morgan fingerprint density at radius 2 is 2.00 bits per heavy atom. The SMILES string of the molecule is C=CC(=O)CCC.CCC(=N)c1c(N2CC(C#N)C2)ccnc1Nc1ccc(OC(C)(F)F)cc1. The first-order valence-corrected chi connectivity index (χ1v) is 11.4. The summed E-state index contributed by atoms with van der Waals surface area (Å²) < 4.78 is 30.4. The molecule has 2 heterocycles. The van der Waals surface area contributed by atoms with E-state index in [0.717, 1.165) is 12.1 Å². The van der Waals surface area contributed by atoms with Gasteiger partial charge >= 0.3 is 6.11 Å². The number of hydrogen-bond acceptors (Lipinski definition) is 7. The summed E-state index contributed by atoms with van der Waals surface area (Å²) in [7, 11) is 0. The Morgan fingerprint density at radius 1 is 1.34 bits per heavy atom. The van der Waals surface area contributed by atoms with E-state index >= 15 is 0 Å². The smallest absolute Gasteiger partial charge is 0.394 e. The number of nitrogens with zero attached hydrogens (tertiary/aromatic N) is 3. The van der Waals surface area contributed by atoms with Gasteiger partial charge in [0.2, 0.25) is 0 Å². The Balaban J connectivity index is 0.000000540. The molecule has 186 valence electrons. The molecule has 1 aliphatic heterocycles. The quantitative estimate of drug-likeness (QED) is 0.313. The molecule has 1 aliphatic rings. The summed E-state index contributed by atoms with van der Waals surface area (Å²) in [4.78, 5) is 16.7. The molecule has 0 aliphatic carbocycles. The van der Waals surface area contributed by atoms with Crippen molar-refractivity contribution in [2.45, 2.75) is 46.1 Å². The van der Waals surface area contributed by atoms with Crippen LogP contribution in [0.15, 0.2) is 49.2 Å². The molecular weight excluding hydrogens is 452 g/mol. The Morgan fingerprint density at radius 3 is 2.49 bits per heavy atom. The van der Waals surface area contributed by atoms with Gasteiger partial charge in [-0.25, -0.2) is 4.98 Å². The van der Waals surface area contributed by atoms with Gasteiger partial charge in [-0.2, -0.15) is 14.0 Å². The summed E-state index contributed by atoms with van der Waals surface area (Å²) in [6.07, 6.45) is 1.87. The van der Waals surface area contributed by atoms with E-state index in [1.807, 2.05) is 19.9 Å². The van der Waals surface area contributed by atoms with E-state index in [0.29, 0.717) is 55.6 Å². The van der Waals surface area contributed by atoms with Crippen molar-refractivity contribution < 1.29 is 18.3 Å². The minimum absolute atomic E-state index is 0.00234. The van der Waals surface area contributed by atoms with Gasteiger partial charge in [0.25, 0.3) is 0 Å². The fourth-order valence-corrected chi connectivity index (χ4v) is 3.34. The summed E-state index contributed by atoms with van der Waals surface area (Å²) in [5.41, 5.74) is 2.61. The van der Waals surface area contributed by atoms with Crippen molar-refractivity contribution >= 4 is 28.7 Å². The van der Waals surface area contributed by atoms with Gasteiger partial charge in [0.15, 0.2) is 5.78 Å². The fourth-order valence-electron chi connectivity index (χ4n) is 3.34. The zero-order valence-electron chi connectivity index (χ0n) is 20.3. The molecule has 3 rings (SSSR count). The predicted molar refractivity (Wildman–Crippen MR) is 134 cm³/mol. The van der Waals surface area contributed by atoms with Gasteiger partial charge in [-0.1, -0.05) is 20.4 Å². The molecule has 2 aromatic rings. The molecule has 0 spiro atoms. The largest absolute Gasteiger partial charge is 0.433 e. The van der Waals surface area contributed by atoms with E-state index < -0.39 is 6.11 Å². The summed E-state index contributed by atoms with van der Waals surface area (Å²) in [6.45, 7) is 9.14. The molecule has 1 aromatic carbocycles. The lowest BCUT2D eigenvalue weighted by atomic mass is 9.98. The number of carbonyl (C=O) groups excluding carboxylic acids is 1. The van der Waals surface area contributed by atoms with Crippen LogP contribution in [0.3, 0.4) is 0 Å². The zero-order chi connectivity index (χ0) is 26.0. The molecule has 1 fully saturated rings. The lowest BCUT2D eigenvalue weighted by Crippen LogP contribution is -2.46. The van der Waals surface area contributed by atoms with Crippen molar-refractivity contribution in [1.29, 1.82) is 10.7 Å². The normalized spacial score (nSPS) is 13.0. The van der Waals surface area contributed by atoms with E-state index in [1.54, 1.807) is 18.3 Å². The fraction of sp³-hybridized carbons (Fsp3) is 0.385. The number of alkyl halides is 2. The zero-order valence-corrected chi connectivity index (χ0v) is 20.3. The molecule has 9 heteroatoms. The van der Waals surface area contributed by atoms with E-state index in [9.17, 15) is 13.6 Å². The third kappa shape index (κ3) is 8.18. The van der Waals surface area contributed by atoms with Crippen LogP contribution in [0.4, 0.5) is 26.0 Å². The monoisotopic (exact) mass is 483 g/mol. The Bertz CT molecular complexity index is 1070. The average molecular weight is 484 g/mol. The van der Waals surface area contributed by atoms with Crippen LogP contribution in [-0.2, 0) is 4.79 Å². The highest BCUT2D eigenvalue weighted by Crippen LogP contribution is 2.33. The maximum Gasteiger partial charge on any atom is 0.394 e. The van der Waals surface area contributed by atoms with Crippen molar-refractivity contribution in [3.05, 3.63) is 54.7 Å². The highest BCUT2D eigenvalue weighted by Gasteiger charge is 2.30. The second kappa shape index (κ2) is 12.6. The molecule has 7 nitrogen and oxygen atoms in total. The summed E-state index contributed by atoms with van der Waals surface area (Å²) >= 11 is 0. The second-order valence-electron chi connectivity index (χ2n) is 8.10. The standard InChI is InChI=1S/C20H21F2N5O.C6H10O/c1-3-16(24)18-17(27-11-13(10-23)12-27)8-9-25-19(18)26-14-4-6-15(7-5-14)28-20(2,21)22;1-3-5-6(7)4-2/h4-9,13,24H,3,11-12H2,1-2H3,(H,25,26);4H,2-3,5H2,1H3. The van der Waals surface area contributed by atoms with Crippen molar-refractivity contribution in [2.24, 2.45) is 5.92 Å². The number of ether oxygens (including phenoxy) is 1. The molecule has 2 N–H and O–H groups in total. The summed E-state index contributed by atoms with van der Waals surface area (Å²) in [5.74, 6) is 0.712. The number of aromatic nitrogens is 1. The van der Waals surface area contributed by atoms with Crippen LogP contribution in [0.25, 0.3) is 0 Å². The molecule has 0 saturated carbocycles. The van der Waals surface area contributed by atoms with Crippen molar-refractivity contribution in [2.75, 3.05) is 23.3 Å². The van der Waals surface area contributed by atoms with Gasteiger partial charge < -0.3 is 20.4 Å². The number of carbonyl (C=O) groups is 1. The Kier molecular flexibility index (Phi) is 9.88. The summed E-state index contributed by atoms with van der Waals surface area (Å²) in [5, 5.41) is 20.5. The third-order valence-corrected chi connectivity index (χ3v) is 5.13. The van der Waals surface area contributed by atoms with E-state index in [2.05, 4.69) is 32.6 Å². The van der Waals surface area contributed by atoms with Gasteiger partial charge in [-0.3, -0.25) is 4.79 Å². The number of allylic oxidation sites excluding steroid dienone is 1. The first kappa shape index (κ1) is 27.4. The van der Waals surface area contributed by atoms with Crippen LogP contribution in [0.2, 0.25) is 0 Å². The Hall–Kier alpha value is -3.80. The highest BCUT2D eigenvalue weighted by atomic mass is 19.3. The lowest BCUT2D eigenvalue weighted by Gasteiger charge is -2.38. The van der Waals surface area contributed by atoms with Crippen molar-refractivity contribution in [3.63, 3.8) is 0 Å². The number of ketones is 1. The number of anilines is 3.